The van der Waals surface area contributed by atoms with Crippen LogP contribution in [0, 0.1) is 5.92 Å². The second-order valence-electron chi connectivity index (χ2n) is 5.19. The van der Waals surface area contributed by atoms with Crippen molar-refractivity contribution in [3.8, 4) is 0 Å². The number of pyridine rings is 1. The van der Waals surface area contributed by atoms with E-state index in [9.17, 15) is 4.79 Å². The van der Waals surface area contributed by atoms with Crippen molar-refractivity contribution in [1.82, 2.24) is 14.6 Å². The molecule has 2 aromatic rings. The summed E-state index contributed by atoms with van der Waals surface area (Å²) in [5.41, 5.74) is 0.744. The second kappa shape index (κ2) is 5.38. The fourth-order valence-electron chi connectivity index (χ4n) is 2.75. The maximum atomic E-state index is 11.9. The molecule has 100 valence electrons. The molecule has 5 heteroatoms. The summed E-state index contributed by atoms with van der Waals surface area (Å²) in [6, 6.07) is 5.65. The molecule has 2 heterocycles. The van der Waals surface area contributed by atoms with E-state index in [2.05, 4.69) is 15.5 Å². The highest BCUT2D eigenvalue weighted by Gasteiger charge is 2.16. The minimum Gasteiger partial charge on any atom is -0.294 e. The summed E-state index contributed by atoms with van der Waals surface area (Å²) < 4.78 is 1.79. The smallest absolute Gasteiger partial charge is 0.235 e. The number of aromatic nitrogens is 3. The Morgan fingerprint density at radius 3 is 3.00 bits per heavy atom. The Morgan fingerprint density at radius 2 is 2.16 bits per heavy atom. The Hall–Kier alpha value is -1.91. The molecular weight excluding hydrogens is 240 g/mol. The maximum absolute atomic E-state index is 11.9. The highest BCUT2D eigenvalue weighted by Crippen LogP contribution is 2.28. The van der Waals surface area contributed by atoms with Gasteiger partial charge in [0.05, 0.1) is 0 Å². The van der Waals surface area contributed by atoms with Gasteiger partial charge in [0.25, 0.3) is 0 Å². The van der Waals surface area contributed by atoms with Crippen LogP contribution in [0.2, 0.25) is 0 Å². The molecule has 0 atom stereocenters. The minimum atomic E-state index is 0.0325. The first-order valence-electron chi connectivity index (χ1n) is 6.92. The molecule has 0 unspecified atom stereocenters. The predicted molar refractivity (Wildman–Crippen MR) is 72.8 cm³/mol. The first-order valence-corrected chi connectivity index (χ1v) is 6.92. The van der Waals surface area contributed by atoms with Gasteiger partial charge in [0.1, 0.15) is 0 Å². The zero-order chi connectivity index (χ0) is 13.1. The predicted octanol–water partition coefficient (Wildman–Crippen LogP) is 2.64. The van der Waals surface area contributed by atoms with Crippen molar-refractivity contribution < 1.29 is 4.79 Å². The number of carbonyl (C=O) groups excluding carboxylic acids is 1. The van der Waals surface area contributed by atoms with Crippen LogP contribution in [0.5, 0.6) is 0 Å². The van der Waals surface area contributed by atoms with Gasteiger partial charge >= 0.3 is 0 Å². The summed E-state index contributed by atoms with van der Waals surface area (Å²) in [6.45, 7) is 0. The van der Waals surface area contributed by atoms with Gasteiger partial charge in [-0.3, -0.25) is 14.5 Å². The number of nitrogens with zero attached hydrogens (tertiary/aromatic N) is 3. The topological polar surface area (TPSA) is 59.3 Å². The third-order valence-electron chi connectivity index (χ3n) is 3.82. The fourth-order valence-corrected chi connectivity index (χ4v) is 2.75. The number of fused-ring (bicyclic) bond motifs is 1. The lowest BCUT2D eigenvalue weighted by Crippen LogP contribution is -2.14. The summed E-state index contributed by atoms with van der Waals surface area (Å²) in [4.78, 5) is 11.9. The summed E-state index contributed by atoms with van der Waals surface area (Å²) in [7, 11) is 0. The van der Waals surface area contributed by atoms with Crippen LogP contribution in [0.25, 0.3) is 5.65 Å². The molecule has 3 rings (SSSR count). The molecule has 0 aromatic carbocycles. The maximum Gasteiger partial charge on any atom is 0.235 e. The lowest BCUT2D eigenvalue weighted by Gasteiger charge is -2.08. The van der Waals surface area contributed by atoms with Gasteiger partial charge < -0.3 is 0 Å². The minimum absolute atomic E-state index is 0.0325. The van der Waals surface area contributed by atoms with Crippen LogP contribution in [-0.4, -0.2) is 20.5 Å². The van der Waals surface area contributed by atoms with Crippen molar-refractivity contribution in [3.05, 3.63) is 24.4 Å². The molecule has 1 aliphatic carbocycles. The molecule has 5 nitrogen and oxygen atoms in total. The number of hydrogen-bond donors (Lipinski definition) is 1. The van der Waals surface area contributed by atoms with Crippen LogP contribution in [0.3, 0.4) is 0 Å². The van der Waals surface area contributed by atoms with E-state index in [0.29, 0.717) is 12.4 Å². The average molecular weight is 258 g/mol. The number of carbonyl (C=O) groups is 1. The van der Waals surface area contributed by atoms with Crippen molar-refractivity contribution in [2.24, 2.45) is 5.92 Å². The number of hydrogen-bond acceptors (Lipinski definition) is 3. The first kappa shape index (κ1) is 12.1. The van der Waals surface area contributed by atoms with Crippen LogP contribution in [-0.2, 0) is 4.79 Å². The molecule has 0 saturated heterocycles. The molecule has 2 aromatic heterocycles. The van der Waals surface area contributed by atoms with Crippen molar-refractivity contribution in [2.45, 2.75) is 38.5 Å². The van der Waals surface area contributed by atoms with Gasteiger partial charge in [-0.2, -0.15) is 0 Å². The van der Waals surface area contributed by atoms with E-state index in [1.807, 2.05) is 24.4 Å². The van der Waals surface area contributed by atoms with Gasteiger partial charge in [-0.1, -0.05) is 31.7 Å². The van der Waals surface area contributed by atoms with Crippen LogP contribution in [0.15, 0.2) is 24.4 Å². The molecule has 0 aliphatic heterocycles. The lowest BCUT2D eigenvalue weighted by molar-refractivity contribution is -0.116. The number of nitrogens with one attached hydrogen (secondary N) is 1. The van der Waals surface area contributed by atoms with Gasteiger partial charge in [-0.15, -0.1) is 10.2 Å². The quantitative estimate of drug-likeness (QED) is 0.917. The Morgan fingerprint density at radius 1 is 1.32 bits per heavy atom. The number of anilines is 1. The van der Waals surface area contributed by atoms with E-state index in [1.165, 1.54) is 25.7 Å². The van der Waals surface area contributed by atoms with Crippen LogP contribution < -0.4 is 5.32 Å². The SMILES string of the molecule is O=C(CCC1CCCC1)Nc1nnc2ccccn12. The largest absolute Gasteiger partial charge is 0.294 e. The van der Waals surface area contributed by atoms with Gasteiger partial charge in [0.2, 0.25) is 11.9 Å². The number of amides is 1. The standard InChI is InChI=1S/C14H18N4O/c19-13(9-8-11-5-1-2-6-11)15-14-17-16-12-7-3-4-10-18(12)14/h3-4,7,10-11H,1-2,5-6,8-9H2,(H,15,17,19). The Labute approximate surface area is 112 Å². The molecule has 0 bridgehead atoms. The monoisotopic (exact) mass is 258 g/mol. The van der Waals surface area contributed by atoms with Crippen LogP contribution in [0.4, 0.5) is 5.95 Å². The van der Waals surface area contributed by atoms with E-state index in [0.717, 1.165) is 18.0 Å². The van der Waals surface area contributed by atoms with Gasteiger partial charge in [0.15, 0.2) is 5.65 Å². The zero-order valence-electron chi connectivity index (χ0n) is 10.9. The molecule has 1 amide bonds. The van der Waals surface area contributed by atoms with Gasteiger partial charge in [0, 0.05) is 12.6 Å². The van der Waals surface area contributed by atoms with Crippen molar-refractivity contribution >= 4 is 17.5 Å². The molecule has 0 radical (unpaired) electrons. The highest BCUT2D eigenvalue weighted by molar-refractivity contribution is 5.89. The first-order chi connectivity index (χ1) is 9.33. The normalized spacial score (nSPS) is 16.0. The molecule has 0 spiro atoms. The zero-order valence-corrected chi connectivity index (χ0v) is 10.9. The van der Waals surface area contributed by atoms with Crippen molar-refractivity contribution in [2.75, 3.05) is 5.32 Å². The summed E-state index contributed by atoms with van der Waals surface area (Å²) >= 11 is 0. The van der Waals surface area contributed by atoms with E-state index < -0.39 is 0 Å². The van der Waals surface area contributed by atoms with E-state index in [4.69, 9.17) is 0 Å². The molecule has 1 fully saturated rings. The highest BCUT2D eigenvalue weighted by atomic mass is 16.1. The summed E-state index contributed by atoms with van der Waals surface area (Å²) in [5, 5.41) is 10.8. The Bertz CT molecular complexity index is 572. The molecular formula is C14H18N4O. The van der Waals surface area contributed by atoms with Gasteiger partial charge in [-0.25, -0.2) is 0 Å². The van der Waals surface area contributed by atoms with Crippen LogP contribution in [0.1, 0.15) is 38.5 Å². The Balaban J connectivity index is 1.59. The average Bonchev–Trinajstić information content (AvgIpc) is 3.07. The molecule has 1 N–H and O–H groups in total. The number of rotatable bonds is 4. The lowest BCUT2D eigenvalue weighted by atomic mass is 10.0. The second-order valence-corrected chi connectivity index (χ2v) is 5.19. The molecule has 19 heavy (non-hydrogen) atoms. The molecule has 1 aliphatic rings. The summed E-state index contributed by atoms with van der Waals surface area (Å²) in [5.74, 6) is 1.28. The van der Waals surface area contributed by atoms with Crippen molar-refractivity contribution in [1.29, 1.82) is 0 Å². The van der Waals surface area contributed by atoms with E-state index in [-0.39, 0.29) is 5.91 Å². The third-order valence-corrected chi connectivity index (χ3v) is 3.82. The van der Waals surface area contributed by atoms with Crippen molar-refractivity contribution in [3.63, 3.8) is 0 Å². The fraction of sp³-hybridized carbons (Fsp3) is 0.500. The molecule has 1 saturated carbocycles. The third kappa shape index (κ3) is 2.75. The van der Waals surface area contributed by atoms with Crippen LogP contribution >= 0.6 is 0 Å². The van der Waals surface area contributed by atoms with E-state index in [1.54, 1.807) is 4.40 Å². The Kier molecular flexibility index (Phi) is 3.44. The van der Waals surface area contributed by atoms with Gasteiger partial charge in [-0.05, 0) is 24.5 Å². The summed E-state index contributed by atoms with van der Waals surface area (Å²) in [6.07, 6.45) is 8.61. The van der Waals surface area contributed by atoms with E-state index >= 15 is 0 Å².